The fourth-order valence-electron chi connectivity index (χ4n) is 1.68. The van der Waals surface area contributed by atoms with Crippen molar-refractivity contribution in [3.8, 4) is 0 Å². The van der Waals surface area contributed by atoms with Crippen molar-refractivity contribution in [3.63, 3.8) is 0 Å². The molecular weight excluding hydrogens is 278 g/mol. The maximum atomic E-state index is 11.9. The van der Waals surface area contributed by atoms with Crippen molar-refractivity contribution >= 4 is 23.2 Å². The van der Waals surface area contributed by atoms with E-state index in [1.165, 1.54) is 18.4 Å². The molecule has 20 heavy (non-hydrogen) atoms. The van der Waals surface area contributed by atoms with Crippen LogP contribution in [0.25, 0.3) is 0 Å². The highest BCUT2D eigenvalue weighted by molar-refractivity contribution is 7.09. The number of carbonyl (C=O) groups excluding carboxylic acids is 2. The van der Waals surface area contributed by atoms with Gasteiger partial charge < -0.3 is 15.8 Å². The first-order valence-electron chi connectivity index (χ1n) is 6.48. The smallest absolute Gasteiger partial charge is 0.328 e. The van der Waals surface area contributed by atoms with Gasteiger partial charge in [0.1, 0.15) is 6.04 Å². The first kappa shape index (κ1) is 16.6. The maximum Gasteiger partial charge on any atom is 0.328 e. The van der Waals surface area contributed by atoms with E-state index < -0.39 is 12.0 Å². The monoisotopic (exact) mass is 299 g/mol. The molecule has 1 atom stereocenters. The van der Waals surface area contributed by atoms with E-state index in [0.717, 1.165) is 5.01 Å². The Morgan fingerprint density at radius 2 is 2.20 bits per heavy atom. The topological polar surface area (TPSA) is 94.3 Å². The zero-order chi connectivity index (χ0) is 15.1. The molecule has 0 radical (unpaired) electrons. The van der Waals surface area contributed by atoms with Crippen LogP contribution in [0.2, 0.25) is 0 Å². The number of esters is 1. The van der Waals surface area contributed by atoms with Gasteiger partial charge in [-0.05, 0) is 12.5 Å². The second-order valence-electron chi connectivity index (χ2n) is 4.76. The molecule has 0 saturated carbocycles. The molecule has 1 aromatic rings. The molecule has 0 aromatic carbocycles. The molecule has 3 N–H and O–H groups in total. The number of nitrogens with zero attached hydrogens (tertiary/aromatic N) is 1. The van der Waals surface area contributed by atoms with E-state index in [-0.39, 0.29) is 18.2 Å². The van der Waals surface area contributed by atoms with Gasteiger partial charge in [0.2, 0.25) is 5.91 Å². The van der Waals surface area contributed by atoms with Crippen LogP contribution >= 0.6 is 11.3 Å². The fraction of sp³-hybridized carbons (Fsp3) is 0.615. The summed E-state index contributed by atoms with van der Waals surface area (Å²) in [4.78, 5) is 27.8. The van der Waals surface area contributed by atoms with Crippen LogP contribution in [0.5, 0.6) is 0 Å². The summed E-state index contributed by atoms with van der Waals surface area (Å²) in [6, 6.07) is -0.630. The van der Waals surface area contributed by atoms with Crippen LogP contribution in [0, 0.1) is 5.92 Å². The fourth-order valence-corrected chi connectivity index (χ4v) is 2.50. The van der Waals surface area contributed by atoms with Gasteiger partial charge in [-0.2, -0.15) is 0 Å². The predicted octanol–water partition coefficient (Wildman–Crippen LogP) is 0.501. The summed E-state index contributed by atoms with van der Waals surface area (Å²) in [6.45, 7) is 4.24. The molecule has 1 aromatic heterocycles. The Morgan fingerprint density at radius 1 is 1.50 bits per heavy atom. The molecule has 7 heteroatoms. The Labute approximate surface area is 122 Å². The standard InChI is InChI=1S/C13H21N3O3S/c1-8(2)12(13(18)19-3)16-10(17)6-9-7-20-11(15-9)4-5-14/h7-8,12H,4-6,14H2,1-3H3,(H,16,17). The zero-order valence-corrected chi connectivity index (χ0v) is 12.8. The molecule has 0 fully saturated rings. The van der Waals surface area contributed by atoms with E-state index in [1.807, 2.05) is 19.2 Å². The second kappa shape index (κ2) is 7.96. The summed E-state index contributed by atoms with van der Waals surface area (Å²) < 4.78 is 4.68. The average Bonchev–Trinajstić information content (AvgIpc) is 2.82. The Kier molecular flexibility index (Phi) is 6.60. The van der Waals surface area contributed by atoms with E-state index in [0.29, 0.717) is 18.7 Å². The molecule has 0 aliphatic heterocycles. The summed E-state index contributed by atoms with van der Waals surface area (Å²) in [6.07, 6.45) is 0.865. The van der Waals surface area contributed by atoms with Gasteiger partial charge in [0.05, 0.1) is 24.2 Å². The number of hydrogen-bond acceptors (Lipinski definition) is 6. The number of aromatic nitrogens is 1. The largest absolute Gasteiger partial charge is 0.467 e. The van der Waals surface area contributed by atoms with E-state index in [4.69, 9.17) is 5.73 Å². The van der Waals surface area contributed by atoms with Crippen LogP contribution < -0.4 is 11.1 Å². The molecule has 0 aliphatic rings. The van der Waals surface area contributed by atoms with E-state index in [9.17, 15) is 9.59 Å². The Bertz CT molecular complexity index is 459. The molecule has 0 bridgehead atoms. The van der Waals surface area contributed by atoms with Gasteiger partial charge >= 0.3 is 5.97 Å². The van der Waals surface area contributed by atoms with Crippen LogP contribution in [-0.4, -0.2) is 36.6 Å². The Morgan fingerprint density at radius 3 is 2.75 bits per heavy atom. The highest BCUT2D eigenvalue weighted by atomic mass is 32.1. The van der Waals surface area contributed by atoms with Gasteiger partial charge in [0.25, 0.3) is 0 Å². The summed E-state index contributed by atoms with van der Waals surface area (Å²) in [5.41, 5.74) is 6.15. The number of methoxy groups -OCH3 is 1. The predicted molar refractivity (Wildman–Crippen MR) is 77.4 cm³/mol. The van der Waals surface area contributed by atoms with Crippen molar-refractivity contribution in [3.05, 3.63) is 16.1 Å². The zero-order valence-electron chi connectivity index (χ0n) is 12.0. The van der Waals surface area contributed by atoms with Crippen LogP contribution in [0.3, 0.4) is 0 Å². The molecule has 112 valence electrons. The number of ether oxygens (including phenoxy) is 1. The Hall–Kier alpha value is -1.47. The first-order chi connectivity index (χ1) is 9.47. The third-order valence-corrected chi connectivity index (χ3v) is 3.69. The molecular formula is C13H21N3O3S. The minimum absolute atomic E-state index is 0.0327. The number of nitrogens with two attached hydrogens (primary N) is 1. The van der Waals surface area contributed by atoms with Gasteiger partial charge in [-0.15, -0.1) is 11.3 Å². The Balaban J connectivity index is 2.58. The molecule has 6 nitrogen and oxygen atoms in total. The summed E-state index contributed by atoms with van der Waals surface area (Å²) >= 11 is 1.49. The number of rotatable bonds is 7. The van der Waals surface area contributed by atoms with Crippen LogP contribution in [0.4, 0.5) is 0 Å². The van der Waals surface area contributed by atoms with Gasteiger partial charge in [0.15, 0.2) is 0 Å². The number of thiazole rings is 1. The number of amides is 1. The van der Waals surface area contributed by atoms with Gasteiger partial charge in [-0.25, -0.2) is 9.78 Å². The van der Waals surface area contributed by atoms with Crippen molar-refractivity contribution < 1.29 is 14.3 Å². The summed E-state index contributed by atoms with van der Waals surface area (Å²) in [7, 11) is 1.31. The van der Waals surface area contributed by atoms with Gasteiger partial charge in [-0.1, -0.05) is 13.8 Å². The lowest BCUT2D eigenvalue weighted by Crippen LogP contribution is -2.45. The van der Waals surface area contributed by atoms with Crippen molar-refractivity contribution in [2.75, 3.05) is 13.7 Å². The number of hydrogen-bond donors (Lipinski definition) is 2. The van der Waals surface area contributed by atoms with Gasteiger partial charge in [0, 0.05) is 11.8 Å². The average molecular weight is 299 g/mol. The van der Waals surface area contributed by atoms with Crippen molar-refractivity contribution in [1.82, 2.24) is 10.3 Å². The highest BCUT2D eigenvalue weighted by Crippen LogP contribution is 2.11. The van der Waals surface area contributed by atoms with Crippen LogP contribution in [0.15, 0.2) is 5.38 Å². The molecule has 0 aliphatic carbocycles. The van der Waals surface area contributed by atoms with Crippen LogP contribution in [0.1, 0.15) is 24.5 Å². The summed E-state index contributed by atoms with van der Waals surface area (Å²) in [5, 5.41) is 5.44. The third-order valence-electron chi connectivity index (χ3n) is 2.74. The second-order valence-corrected chi connectivity index (χ2v) is 5.70. The third kappa shape index (κ3) is 4.90. The molecule has 1 unspecified atom stereocenters. The van der Waals surface area contributed by atoms with E-state index >= 15 is 0 Å². The quantitative estimate of drug-likeness (QED) is 0.715. The molecule has 1 heterocycles. The lowest BCUT2D eigenvalue weighted by atomic mass is 10.0. The van der Waals surface area contributed by atoms with Crippen molar-refractivity contribution in [1.29, 1.82) is 0 Å². The normalized spacial score (nSPS) is 12.2. The first-order valence-corrected chi connectivity index (χ1v) is 7.36. The lowest BCUT2D eigenvalue weighted by molar-refractivity contribution is -0.146. The minimum Gasteiger partial charge on any atom is -0.467 e. The lowest BCUT2D eigenvalue weighted by Gasteiger charge is -2.19. The minimum atomic E-state index is -0.630. The maximum absolute atomic E-state index is 11.9. The number of nitrogens with one attached hydrogen (secondary N) is 1. The van der Waals surface area contributed by atoms with E-state index in [2.05, 4.69) is 15.0 Å². The molecule has 1 rings (SSSR count). The van der Waals surface area contributed by atoms with Crippen molar-refractivity contribution in [2.24, 2.45) is 11.7 Å². The van der Waals surface area contributed by atoms with Crippen LogP contribution in [-0.2, 0) is 27.2 Å². The van der Waals surface area contributed by atoms with E-state index in [1.54, 1.807) is 0 Å². The highest BCUT2D eigenvalue weighted by Gasteiger charge is 2.25. The van der Waals surface area contributed by atoms with Gasteiger partial charge in [-0.3, -0.25) is 4.79 Å². The number of carbonyl (C=O) groups is 2. The molecule has 0 spiro atoms. The van der Waals surface area contributed by atoms with Crippen molar-refractivity contribution in [2.45, 2.75) is 32.7 Å². The molecule has 0 saturated heterocycles. The molecule has 1 amide bonds. The summed E-state index contributed by atoms with van der Waals surface area (Å²) in [5.74, 6) is -0.705. The SMILES string of the molecule is COC(=O)C(NC(=O)Cc1csc(CCN)n1)C(C)C.